The maximum atomic E-state index is 13.2. The second-order valence-corrected chi connectivity index (χ2v) is 11.7. The summed E-state index contributed by atoms with van der Waals surface area (Å²) in [4.78, 5) is 44.0. The van der Waals surface area contributed by atoms with Crippen LogP contribution in [0.2, 0.25) is 0 Å². The maximum absolute atomic E-state index is 13.2. The molecule has 3 N–H and O–H groups in total. The Balaban J connectivity index is 1.19. The summed E-state index contributed by atoms with van der Waals surface area (Å²) in [5.41, 5.74) is 3.59. The highest BCUT2D eigenvalue weighted by atomic mass is 32.2. The van der Waals surface area contributed by atoms with Crippen molar-refractivity contribution >= 4 is 69.1 Å². The fraction of sp³-hybridized carbons (Fsp3) is 0.0625. The van der Waals surface area contributed by atoms with E-state index >= 15 is 0 Å². The Labute approximate surface area is 260 Å². The van der Waals surface area contributed by atoms with Crippen LogP contribution in [0.5, 0.6) is 5.75 Å². The lowest BCUT2D eigenvalue weighted by Crippen LogP contribution is -2.30. The van der Waals surface area contributed by atoms with Crippen LogP contribution >= 0.6 is 34.4 Å². The third-order valence-corrected chi connectivity index (χ3v) is 8.43. The zero-order valence-electron chi connectivity index (χ0n) is 22.9. The molecule has 5 aromatic rings. The van der Waals surface area contributed by atoms with Gasteiger partial charge in [0.05, 0.1) is 18.6 Å². The van der Waals surface area contributed by atoms with Crippen molar-refractivity contribution in [2.24, 2.45) is 0 Å². The number of hydrogen-bond donors (Lipinski definition) is 3. The van der Waals surface area contributed by atoms with Crippen LogP contribution in [-0.4, -0.2) is 35.6 Å². The van der Waals surface area contributed by atoms with Gasteiger partial charge in [-0.25, -0.2) is 4.98 Å². The number of rotatable bonds is 11. The summed E-state index contributed by atoms with van der Waals surface area (Å²) in [6, 6.07) is 25.3. The number of carbonyl (C=O) groups excluding carboxylic acids is 3. The lowest BCUT2D eigenvalue weighted by atomic mass is 10.2. The number of methoxy groups -OCH3 is 1. The molecule has 0 fully saturated rings. The minimum atomic E-state index is -0.466. The van der Waals surface area contributed by atoms with Crippen LogP contribution in [0.4, 0.5) is 10.8 Å². The number of nitrogens with one attached hydrogen (secondary N) is 3. The number of ether oxygens (including phenoxy) is 1. The molecule has 0 radical (unpaired) electrons. The summed E-state index contributed by atoms with van der Waals surface area (Å²) >= 11 is 4.18. The Morgan fingerprint density at radius 3 is 2.49 bits per heavy atom. The molecule has 0 saturated heterocycles. The number of nitrogens with zero attached hydrogens (tertiary/aromatic N) is 1. The van der Waals surface area contributed by atoms with Gasteiger partial charge in [-0.2, -0.15) is 11.3 Å². The Hall–Kier alpha value is -4.71. The van der Waals surface area contributed by atoms with Crippen molar-refractivity contribution in [1.29, 1.82) is 0 Å². The summed E-state index contributed by atoms with van der Waals surface area (Å²) in [6.07, 6.45) is 1.63. The summed E-state index contributed by atoms with van der Waals surface area (Å²) in [5, 5.41) is 14.6. The predicted octanol–water partition coefficient (Wildman–Crippen LogP) is 7.02. The van der Waals surface area contributed by atoms with Crippen LogP contribution in [0.25, 0.3) is 17.3 Å². The van der Waals surface area contributed by atoms with E-state index in [0.717, 1.165) is 27.5 Å². The molecule has 0 bridgehead atoms. The van der Waals surface area contributed by atoms with Crippen molar-refractivity contribution in [3.05, 3.63) is 118 Å². The molecule has 3 amide bonds. The molecular formula is C32H26N4O4S3. The van der Waals surface area contributed by atoms with Crippen LogP contribution in [0.1, 0.15) is 15.9 Å². The molecule has 0 saturated carbocycles. The Kier molecular flexibility index (Phi) is 10.0. The fourth-order valence-corrected chi connectivity index (χ4v) is 5.97. The first-order chi connectivity index (χ1) is 21.0. The van der Waals surface area contributed by atoms with E-state index in [0.29, 0.717) is 16.4 Å². The summed E-state index contributed by atoms with van der Waals surface area (Å²) in [5.74, 6) is -0.126. The van der Waals surface area contributed by atoms with E-state index in [9.17, 15) is 14.4 Å². The highest BCUT2D eigenvalue weighted by Crippen LogP contribution is 2.27. The maximum Gasteiger partial charge on any atom is 0.272 e. The monoisotopic (exact) mass is 626 g/mol. The molecule has 2 heterocycles. The van der Waals surface area contributed by atoms with Crippen molar-refractivity contribution < 1.29 is 19.1 Å². The number of thiazole rings is 1. The van der Waals surface area contributed by atoms with Gasteiger partial charge < -0.3 is 20.7 Å². The van der Waals surface area contributed by atoms with E-state index in [4.69, 9.17) is 4.74 Å². The molecule has 0 aliphatic rings. The van der Waals surface area contributed by atoms with Crippen LogP contribution in [0.3, 0.4) is 0 Å². The van der Waals surface area contributed by atoms with Gasteiger partial charge in [0.25, 0.3) is 11.8 Å². The van der Waals surface area contributed by atoms with Gasteiger partial charge in [0.15, 0.2) is 5.13 Å². The highest BCUT2D eigenvalue weighted by molar-refractivity contribution is 8.00. The van der Waals surface area contributed by atoms with Crippen molar-refractivity contribution in [1.82, 2.24) is 10.3 Å². The molecule has 11 heteroatoms. The minimum Gasteiger partial charge on any atom is -0.497 e. The standard InChI is InChI=1S/C32H26N4O4S3/c1-40-25-12-10-22(11-13-25)28-19-43-32(35-28)36-29(37)20-42-26-9-5-8-24(17-26)33-31(39)27(16-21-14-15-41-18-21)34-30(38)23-6-3-2-4-7-23/h2-19H,20H2,1H3,(H,33,39)(H,34,38)(H,35,36,37)/b27-16-. The van der Waals surface area contributed by atoms with Gasteiger partial charge in [0.2, 0.25) is 5.91 Å². The van der Waals surface area contributed by atoms with E-state index in [1.807, 2.05) is 58.6 Å². The largest absolute Gasteiger partial charge is 0.497 e. The Morgan fingerprint density at radius 2 is 1.74 bits per heavy atom. The Morgan fingerprint density at radius 1 is 0.930 bits per heavy atom. The van der Waals surface area contributed by atoms with E-state index in [1.165, 1.54) is 34.4 Å². The molecular weight excluding hydrogens is 601 g/mol. The molecule has 0 spiro atoms. The quantitative estimate of drug-likeness (QED) is 0.107. The first-order valence-corrected chi connectivity index (χ1v) is 15.8. The molecule has 5 rings (SSSR count). The molecule has 0 aliphatic heterocycles. The zero-order valence-corrected chi connectivity index (χ0v) is 25.4. The minimum absolute atomic E-state index is 0.113. The molecule has 216 valence electrons. The highest BCUT2D eigenvalue weighted by Gasteiger charge is 2.16. The normalized spacial score (nSPS) is 11.0. The zero-order chi connectivity index (χ0) is 30.0. The number of benzene rings is 3. The van der Waals surface area contributed by atoms with Crippen LogP contribution in [0.15, 0.2) is 112 Å². The van der Waals surface area contributed by atoms with Crippen molar-refractivity contribution in [3.8, 4) is 17.0 Å². The van der Waals surface area contributed by atoms with Crippen LogP contribution < -0.4 is 20.7 Å². The van der Waals surface area contributed by atoms with Gasteiger partial charge in [-0.1, -0.05) is 24.3 Å². The third kappa shape index (κ3) is 8.41. The number of hydrogen-bond acceptors (Lipinski definition) is 8. The van der Waals surface area contributed by atoms with Crippen molar-refractivity contribution in [2.75, 3.05) is 23.5 Å². The number of thioether (sulfide) groups is 1. The van der Waals surface area contributed by atoms with Gasteiger partial charge in [-0.05, 0) is 83.1 Å². The second-order valence-electron chi connectivity index (χ2n) is 9.02. The number of aromatic nitrogens is 1. The summed E-state index contributed by atoms with van der Waals surface area (Å²) in [7, 11) is 1.62. The SMILES string of the molecule is COc1ccc(-c2csc(NC(=O)CSc3cccc(NC(=O)/C(=C/c4ccsc4)NC(=O)c4ccccc4)c3)n2)cc1. The average molecular weight is 627 g/mol. The van der Waals surface area contributed by atoms with Gasteiger partial charge in [-0.3, -0.25) is 14.4 Å². The molecule has 0 unspecified atom stereocenters. The van der Waals surface area contributed by atoms with E-state index < -0.39 is 5.91 Å². The molecule has 2 aromatic heterocycles. The van der Waals surface area contributed by atoms with E-state index in [-0.39, 0.29) is 23.3 Å². The van der Waals surface area contributed by atoms with Gasteiger partial charge in [-0.15, -0.1) is 23.1 Å². The number of amides is 3. The van der Waals surface area contributed by atoms with E-state index in [1.54, 1.807) is 55.7 Å². The smallest absolute Gasteiger partial charge is 0.272 e. The van der Waals surface area contributed by atoms with Gasteiger partial charge in [0, 0.05) is 27.1 Å². The number of anilines is 2. The summed E-state index contributed by atoms with van der Waals surface area (Å²) < 4.78 is 5.20. The first kappa shape index (κ1) is 29.8. The number of carbonyl (C=O) groups is 3. The van der Waals surface area contributed by atoms with E-state index in [2.05, 4.69) is 20.9 Å². The molecule has 8 nitrogen and oxygen atoms in total. The summed E-state index contributed by atoms with van der Waals surface area (Å²) in [6.45, 7) is 0. The second kappa shape index (κ2) is 14.5. The average Bonchev–Trinajstić information content (AvgIpc) is 3.73. The lowest BCUT2D eigenvalue weighted by molar-refractivity contribution is -0.114. The topological polar surface area (TPSA) is 109 Å². The van der Waals surface area contributed by atoms with Crippen molar-refractivity contribution in [2.45, 2.75) is 4.90 Å². The first-order valence-electron chi connectivity index (χ1n) is 13.0. The Bertz CT molecular complexity index is 1730. The predicted molar refractivity (Wildman–Crippen MR) is 175 cm³/mol. The lowest BCUT2D eigenvalue weighted by Gasteiger charge is -2.12. The van der Waals surface area contributed by atoms with Gasteiger partial charge in [0.1, 0.15) is 11.4 Å². The molecule has 0 aliphatic carbocycles. The number of thiophene rings is 1. The molecule has 43 heavy (non-hydrogen) atoms. The van der Waals surface area contributed by atoms with Crippen LogP contribution in [-0.2, 0) is 9.59 Å². The van der Waals surface area contributed by atoms with Crippen LogP contribution in [0, 0.1) is 0 Å². The molecule has 3 aromatic carbocycles. The fourth-order valence-electron chi connectivity index (χ4n) is 3.86. The van der Waals surface area contributed by atoms with Crippen molar-refractivity contribution in [3.63, 3.8) is 0 Å². The molecule has 0 atom stereocenters. The van der Waals surface area contributed by atoms with Gasteiger partial charge >= 0.3 is 0 Å². The third-order valence-electron chi connectivity index (χ3n) is 5.98.